The smallest absolute Gasteiger partial charge is 0.342 e. The highest BCUT2D eigenvalue weighted by Crippen LogP contribution is 2.36. The van der Waals surface area contributed by atoms with Gasteiger partial charge in [-0.1, -0.05) is 57.9 Å². The number of halogens is 2. The molecule has 0 aliphatic heterocycles. The van der Waals surface area contributed by atoms with Crippen LogP contribution in [-0.4, -0.2) is 33.0 Å². The highest BCUT2D eigenvalue weighted by Gasteiger charge is 2.20. The Hall–Kier alpha value is -3.53. The number of ether oxygens (including phenoxy) is 1. The largest absolute Gasteiger partial charge is 0.496 e. The highest BCUT2D eigenvalue weighted by atomic mass is 79.9. The lowest BCUT2D eigenvalue weighted by molar-refractivity contribution is -0.131. The molecule has 3 aromatic carbocycles. The summed E-state index contributed by atoms with van der Waals surface area (Å²) in [5.41, 5.74) is 4.44. The molecule has 5 aromatic rings. The number of aromatic nitrogens is 3. The van der Waals surface area contributed by atoms with Crippen LogP contribution in [0.25, 0.3) is 28.4 Å². The van der Waals surface area contributed by atoms with Crippen LogP contribution in [0.5, 0.6) is 5.75 Å². The van der Waals surface area contributed by atoms with Gasteiger partial charge in [-0.15, -0.1) is 10.2 Å². The van der Waals surface area contributed by atoms with E-state index in [0.717, 1.165) is 44.0 Å². The SMILES string of the molecule is COc1ccc(Cl)cc1-c1nnc(S/C(=C\c2c(C)n(Cc3ccc(Br)cc3)c3ccccc23)C(=O)O)o1. The number of hydrogen-bond acceptors (Lipinski definition) is 6. The third-order valence-corrected chi connectivity index (χ3v) is 7.63. The number of carboxylic acid groups (broad SMARTS) is 1. The Balaban J connectivity index is 1.51. The summed E-state index contributed by atoms with van der Waals surface area (Å²) in [5.74, 6) is -0.407. The van der Waals surface area contributed by atoms with E-state index in [4.69, 9.17) is 20.8 Å². The van der Waals surface area contributed by atoms with Crippen LogP contribution in [0.4, 0.5) is 0 Å². The van der Waals surface area contributed by atoms with Crippen LogP contribution in [0.2, 0.25) is 5.02 Å². The standard InChI is InChI=1S/C28H21BrClN3O4S/c1-16-21(20-5-3-4-6-23(20)33(16)15-17-7-9-18(29)10-8-17)14-25(27(34)35)38-28-32-31-26(37-28)22-13-19(30)11-12-24(22)36-2/h3-14H,15H2,1-2H3,(H,34,35)/b25-14-. The van der Waals surface area contributed by atoms with Crippen LogP contribution < -0.4 is 4.74 Å². The lowest BCUT2D eigenvalue weighted by Crippen LogP contribution is -2.02. The van der Waals surface area contributed by atoms with Crippen LogP contribution in [0, 0.1) is 6.92 Å². The van der Waals surface area contributed by atoms with Crippen LogP contribution in [0.1, 0.15) is 16.8 Å². The zero-order valence-electron chi connectivity index (χ0n) is 20.3. The number of benzene rings is 3. The molecule has 2 heterocycles. The Labute approximate surface area is 236 Å². The second kappa shape index (κ2) is 11.1. The van der Waals surface area contributed by atoms with Gasteiger partial charge in [0.05, 0.1) is 12.7 Å². The van der Waals surface area contributed by atoms with E-state index in [0.29, 0.717) is 22.9 Å². The van der Waals surface area contributed by atoms with E-state index in [1.54, 1.807) is 24.3 Å². The van der Waals surface area contributed by atoms with Crippen molar-refractivity contribution in [1.29, 1.82) is 0 Å². The second-order valence-electron chi connectivity index (χ2n) is 8.36. The third kappa shape index (κ3) is 5.36. The van der Waals surface area contributed by atoms with Crippen LogP contribution in [0.3, 0.4) is 0 Å². The van der Waals surface area contributed by atoms with E-state index in [1.807, 2.05) is 43.3 Å². The van der Waals surface area contributed by atoms with Gasteiger partial charge in [0.2, 0.25) is 0 Å². The van der Waals surface area contributed by atoms with Gasteiger partial charge in [0.15, 0.2) is 0 Å². The van der Waals surface area contributed by atoms with Gasteiger partial charge in [0.1, 0.15) is 10.7 Å². The number of carboxylic acids is 1. The molecule has 7 nitrogen and oxygen atoms in total. The zero-order valence-corrected chi connectivity index (χ0v) is 23.5. The lowest BCUT2D eigenvalue weighted by atomic mass is 10.1. The molecule has 0 unspecified atom stereocenters. The second-order valence-corrected chi connectivity index (χ2v) is 10.7. The first-order valence-electron chi connectivity index (χ1n) is 11.5. The van der Waals surface area contributed by atoms with Gasteiger partial charge in [-0.25, -0.2) is 4.79 Å². The molecule has 0 fully saturated rings. The highest BCUT2D eigenvalue weighted by molar-refractivity contribution is 9.10. The number of para-hydroxylation sites is 1. The maximum atomic E-state index is 12.3. The Bertz CT molecular complexity index is 1680. The van der Waals surface area contributed by atoms with Crippen LogP contribution >= 0.6 is 39.3 Å². The first-order chi connectivity index (χ1) is 18.3. The van der Waals surface area contributed by atoms with Crippen molar-refractivity contribution in [1.82, 2.24) is 14.8 Å². The minimum atomic E-state index is -1.10. The van der Waals surface area contributed by atoms with Crippen molar-refractivity contribution in [3.05, 3.63) is 98.0 Å². The quantitative estimate of drug-likeness (QED) is 0.142. The van der Waals surface area contributed by atoms with Crippen molar-refractivity contribution in [2.75, 3.05) is 7.11 Å². The van der Waals surface area contributed by atoms with Gasteiger partial charge in [-0.3, -0.25) is 0 Å². The average Bonchev–Trinajstić information content (AvgIpc) is 3.48. The third-order valence-electron chi connectivity index (χ3n) is 6.02. The minimum Gasteiger partial charge on any atom is -0.496 e. The number of thioether (sulfide) groups is 1. The number of carbonyl (C=O) groups is 1. The molecule has 0 aliphatic rings. The van der Waals surface area contributed by atoms with Crippen molar-refractivity contribution in [2.24, 2.45) is 0 Å². The number of nitrogens with zero attached hydrogens (tertiary/aromatic N) is 3. The Morgan fingerprint density at radius 3 is 2.66 bits per heavy atom. The normalized spacial score (nSPS) is 11.7. The van der Waals surface area contributed by atoms with E-state index in [1.165, 1.54) is 7.11 Å². The van der Waals surface area contributed by atoms with Crippen LogP contribution in [-0.2, 0) is 11.3 Å². The molecule has 0 bridgehead atoms. The number of hydrogen-bond donors (Lipinski definition) is 1. The molecule has 0 aliphatic carbocycles. The molecule has 5 rings (SSSR count). The molecule has 1 N–H and O–H groups in total. The maximum Gasteiger partial charge on any atom is 0.342 e. The molecule has 2 aromatic heterocycles. The molecule has 0 radical (unpaired) electrons. The van der Waals surface area contributed by atoms with Gasteiger partial charge in [0.25, 0.3) is 11.1 Å². The Kier molecular flexibility index (Phi) is 7.60. The summed E-state index contributed by atoms with van der Waals surface area (Å²) in [6.45, 7) is 2.64. The van der Waals surface area contributed by atoms with Crippen molar-refractivity contribution >= 4 is 62.2 Å². The lowest BCUT2D eigenvalue weighted by Gasteiger charge is -2.09. The molecule has 38 heavy (non-hydrogen) atoms. The van der Waals surface area contributed by atoms with E-state index in [-0.39, 0.29) is 16.0 Å². The Morgan fingerprint density at radius 1 is 1.16 bits per heavy atom. The fraction of sp³-hybridized carbons (Fsp3) is 0.107. The zero-order chi connectivity index (χ0) is 26.8. The summed E-state index contributed by atoms with van der Waals surface area (Å²) < 4.78 is 14.3. The van der Waals surface area contributed by atoms with Crippen LogP contribution in [0.15, 0.2) is 85.7 Å². The molecular formula is C28H21BrClN3O4S. The topological polar surface area (TPSA) is 90.4 Å². The first-order valence-corrected chi connectivity index (χ1v) is 13.5. The van der Waals surface area contributed by atoms with Crippen molar-refractivity contribution in [2.45, 2.75) is 18.7 Å². The molecule has 0 atom stereocenters. The summed E-state index contributed by atoms with van der Waals surface area (Å²) in [7, 11) is 1.53. The van der Waals surface area contributed by atoms with Gasteiger partial charge in [-0.05, 0) is 66.7 Å². The van der Waals surface area contributed by atoms with E-state index >= 15 is 0 Å². The van der Waals surface area contributed by atoms with Gasteiger partial charge in [-0.2, -0.15) is 0 Å². The van der Waals surface area contributed by atoms with Gasteiger partial charge < -0.3 is 18.8 Å². The summed E-state index contributed by atoms with van der Waals surface area (Å²) >= 11 is 10.5. The van der Waals surface area contributed by atoms with Crippen molar-refractivity contribution in [3.8, 4) is 17.2 Å². The summed E-state index contributed by atoms with van der Waals surface area (Å²) in [6, 6.07) is 21.1. The van der Waals surface area contributed by atoms with Crippen molar-refractivity contribution in [3.63, 3.8) is 0 Å². The van der Waals surface area contributed by atoms with E-state index in [9.17, 15) is 9.90 Å². The first kappa shape index (κ1) is 26.1. The Morgan fingerprint density at radius 2 is 1.92 bits per heavy atom. The van der Waals surface area contributed by atoms with E-state index < -0.39 is 5.97 Å². The molecule has 0 saturated carbocycles. The number of fused-ring (bicyclic) bond motifs is 1. The maximum absolute atomic E-state index is 12.3. The van der Waals surface area contributed by atoms with Gasteiger partial charge >= 0.3 is 5.97 Å². The van der Waals surface area contributed by atoms with E-state index in [2.05, 4.69) is 42.8 Å². The monoisotopic (exact) mass is 609 g/mol. The predicted octanol–water partition coefficient (Wildman–Crippen LogP) is 7.69. The number of rotatable bonds is 8. The fourth-order valence-corrected chi connectivity index (χ4v) is 5.27. The number of methoxy groups -OCH3 is 1. The minimum absolute atomic E-state index is 0.0490. The van der Waals surface area contributed by atoms with Gasteiger partial charge in [0, 0.05) is 38.2 Å². The summed E-state index contributed by atoms with van der Waals surface area (Å²) in [5, 5.41) is 19.7. The molecule has 0 saturated heterocycles. The summed E-state index contributed by atoms with van der Waals surface area (Å²) in [6.07, 6.45) is 1.66. The molecule has 0 spiro atoms. The molecule has 10 heteroatoms. The van der Waals surface area contributed by atoms with Crippen molar-refractivity contribution < 1.29 is 19.1 Å². The molecule has 0 amide bonds. The molecule has 192 valence electrons. The predicted molar refractivity (Wildman–Crippen MR) is 153 cm³/mol. The average molecular weight is 611 g/mol. The number of aliphatic carboxylic acids is 1. The fourth-order valence-electron chi connectivity index (χ4n) is 4.18. The summed E-state index contributed by atoms with van der Waals surface area (Å²) in [4.78, 5) is 12.3. The molecular weight excluding hydrogens is 590 g/mol.